The van der Waals surface area contributed by atoms with Gasteiger partial charge in [0.25, 0.3) is 0 Å². The van der Waals surface area contributed by atoms with Crippen molar-refractivity contribution < 1.29 is 9.24 Å². The zero-order valence-electron chi connectivity index (χ0n) is 23.1. The molecular weight excluding hydrogens is 435 g/mol. The molecule has 1 atom stereocenters. The van der Waals surface area contributed by atoms with Crippen LogP contribution in [0.4, 0.5) is 11.4 Å². The largest absolute Gasteiger partial charge is 0.464 e. The fourth-order valence-corrected chi connectivity index (χ4v) is 6.80. The van der Waals surface area contributed by atoms with Gasteiger partial charge in [0.15, 0.2) is 5.71 Å². The summed E-state index contributed by atoms with van der Waals surface area (Å²) in [6.07, 6.45) is 0. The van der Waals surface area contributed by atoms with Crippen molar-refractivity contribution in [3.05, 3.63) is 69.9 Å². The molecule has 3 nitrogen and oxygen atoms in total. The monoisotopic (exact) mass is 479 g/mol. The lowest BCUT2D eigenvalue weighted by molar-refractivity contribution is -0.274. The van der Waals surface area contributed by atoms with Crippen LogP contribution in [0.5, 0.6) is 0 Å². The Bertz CT molecular complexity index is 1070. The smallest absolute Gasteiger partial charge is 0.300 e. The highest BCUT2D eigenvalue weighted by Crippen LogP contribution is 2.56. The quantitative estimate of drug-likeness (QED) is 0.418. The van der Waals surface area contributed by atoms with Crippen molar-refractivity contribution in [2.24, 2.45) is 0 Å². The van der Waals surface area contributed by atoms with Crippen LogP contribution in [0.3, 0.4) is 0 Å². The first-order valence-electron chi connectivity index (χ1n) is 12.8. The van der Waals surface area contributed by atoms with Gasteiger partial charge in [0.1, 0.15) is 0 Å². The minimum Gasteiger partial charge on any atom is -0.300 e. The van der Waals surface area contributed by atoms with Crippen LogP contribution < -0.4 is 4.67 Å². The fraction of sp³-hybridized carbons (Fsp3) is 0.500. The van der Waals surface area contributed by atoms with Crippen molar-refractivity contribution in [1.82, 2.24) is 0 Å². The molecule has 1 unspecified atom stereocenters. The second kappa shape index (κ2) is 10.3. The number of allylic oxidation sites excluding steroid dienone is 2. The van der Waals surface area contributed by atoms with E-state index in [-0.39, 0.29) is 0 Å². The van der Waals surface area contributed by atoms with Gasteiger partial charge in [0.2, 0.25) is 5.69 Å². The normalized spacial score (nSPS) is 17.3. The fourth-order valence-electron chi connectivity index (χ4n) is 4.96. The molecule has 2 aromatic carbocycles. The van der Waals surface area contributed by atoms with E-state index in [4.69, 9.17) is 0 Å². The zero-order valence-corrected chi connectivity index (χ0v) is 24.0. The van der Waals surface area contributed by atoms with Gasteiger partial charge in [-0.05, 0) is 48.6 Å². The summed E-state index contributed by atoms with van der Waals surface area (Å²) in [6.45, 7) is 24.5. The van der Waals surface area contributed by atoms with E-state index in [1.165, 1.54) is 39.2 Å². The summed E-state index contributed by atoms with van der Waals surface area (Å²) in [5.41, 5.74) is 11.1. The van der Waals surface area contributed by atoms with E-state index in [1.807, 2.05) is 0 Å². The molecule has 4 heteroatoms. The molecule has 0 saturated heterocycles. The standard InChI is InChI=1S/C30H44N2OP/c1-18(2)25-14-12-15-26(19(3)4)29(25)31-23(10)22(9)24(11)32(34(31)33)30-27(20(5)6)16-13-17-28(30)21(7)8/h12-21,33H,1-11H3/q+1. The van der Waals surface area contributed by atoms with Crippen molar-refractivity contribution in [2.45, 2.75) is 99.8 Å². The van der Waals surface area contributed by atoms with Gasteiger partial charge < -0.3 is 4.89 Å². The minimum atomic E-state index is -1.67. The van der Waals surface area contributed by atoms with Crippen molar-refractivity contribution in [3.8, 4) is 0 Å². The molecule has 1 N–H and O–H groups in total. The van der Waals surface area contributed by atoms with Crippen molar-refractivity contribution in [3.63, 3.8) is 0 Å². The van der Waals surface area contributed by atoms with E-state index >= 15 is 0 Å². The molecule has 184 valence electrons. The highest BCUT2D eigenvalue weighted by atomic mass is 31.2. The summed E-state index contributed by atoms with van der Waals surface area (Å²) >= 11 is 0. The van der Waals surface area contributed by atoms with Gasteiger partial charge in [-0.15, -0.1) is 4.35 Å². The molecule has 34 heavy (non-hydrogen) atoms. The summed E-state index contributed by atoms with van der Waals surface area (Å²) in [4.78, 5) is 12.3. The van der Waals surface area contributed by atoms with Crippen LogP contribution in [0.2, 0.25) is 0 Å². The minimum absolute atomic E-state index is 0.361. The summed E-state index contributed by atoms with van der Waals surface area (Å²) in [6, 6.07) is 13.3. The van der Waals surface area contributed by atoms with Gasteiger partial charge >= 0.3 is 8.45 Å². The van der Waals surface area contributed by atoms with Gasteiger partial charge in [-0.2, -0.15) is 0 Å². The molecule has 0 fully saturated rings. The molecular formula is C30H44N2OP+. The topological polar surface area (TPSA) is 26.5 Å². The Labute approximate surface area is 209 Å². The highest BCUT2D eigenvalue weighted by molar-refractivity contribution is 7.47. The van der Waals surface area contributed by atoms with Gasteiger partial charge in [-0.1, -0.05) is 91.8 Å². The lowest BCUT2D eigenvalue weighted by Crippen LogP contribution is -2.32. The zero-order chi connectivity index (χ0) is 25.5. The first-order valence-corrected chi connectivity index (χ1v) is 14.0. The molecule has 3 rings (SSSR count). The Balaban J connectivity index is 2.39. The molecule has 1 aliphatic heterocycles. The van der Waals surface area contributed by atoms with Crippen LogP contribution in [0.15, 0.2) is 47.7 Å². The van der Waals surface area contributed by atoms with Crippen LogP contribution in [0.1, 0.15) is 122 Å². The number of hydrogen-bond acceptors (Lipinski definition) is 2. The second-order valence-electron chi connectivity index (χ2n) is 10.9. The molecule has 0 radical (unpaired) electrons. The third-order valence-corrected chi connectivity index (χ3v) is 8.90. The maximum Gasteiger partial charge on any atom is 0.464 e. The molecule has 0 aromatic heterocycles. The molecule has 0 saturated carbocycles. The van der Waals surface area contributed by atoms with Gasteiger partial charge in [0, 0.05) is 29.3 Å². The SMILES string of the molecule is CC1=C(C)N(c2c(C(C)C)cccc2C(C)C)P(O)[N+](c2c(C(C)C)cccc2C(C)C)=C1C. The molecule has 2 aromatic rings. The van der Waals surface area contributed by atoms with Crippen LogP contribution in [0.25, 0.3) is 0 Å². The highest BCUT2D eigenvalue weighted by Gasteiger charge is 2.44. The first kappa shape index (κ1) is 26.6. The average molecular weight is 480 g/mol. The van der Waals surface area contributed by atoms with E-state index in [0.29, 0.717) is 23.7 Å². The van der Waals surface area contributed by atoms with Gasteiger partial charge in [0.05, 0.1) is 5.69 Å². The van der Waals surface area contributed by atoms with E-state index in [0.717, 1.165) is 11.4 Å². The number of rotatable bonds is 6. The Morgan fingerprint density at radius 1 is 0.676 bits per heavy atom. The molecule has 0 amide bonds. The Morgan fingerprint density at radius 2 is 1.06 bits per heavy atom. The van der Waals surface area contributed by atoms with Crippen LogP contribution in [0, 0.1) is 0 Å². The number of nitrogens with zero attached hydrogens (tertiary/aromatic N) is 2. The Morgan fingerprint density at radius 3 is 1.44 bits per heavy atom. The van der Waals surface area contributed by atoms with Gasteiger partial charge in [-0.25, -0.2) is 4.67 Å². The van der Waals surface area contributed by atoms with Gasteiger partial charge in [-0.3, -0.25) is 0 Å². The number of hydrogen-bond donors (Lipinski definition) is 1. The van der Waals surface area contributed by atoms with E-state index in [2.05, 4.69) is 122 Å². The van der Waals surface area contributed by atoms with Crippen LogP contribution >= 0.6 is 8.45 Å². The van der Waals surface area contributed by atoms with E-state index in [1.54, 1.807) is 0 Å². The predicted molar refractivity (Wildman–Crippen MR) is 150 cm³/mol. The summed E-state index contributed by atoms with van der Waals surface area (Å²) in [7, 11) is -1.67. The number of anilines is 1. The van der Waals surface area contributed by atoms with Crippen molar-refractivity contribution in [1.29, 1.82) is 0 Å². The first-order chi connectivity index (χ1) is 15.9. The molecule has 0 spiro atoms. The average Bonchev–Trinajstić information content (AvgIpc) is 2.77. The Hall–Kier alpha value is -1.96. The van der Waals surface area contributed by atoms with Crippen molar-refractivity contribution in [2.75, 3.05) is 4.67 Å². The summed E-state index contributed by atoms with van der Waals surface area (Å²) < 4.78 is 4.51. The van der Waals surface area contributed by atoms with Crippen LogP contribution in [-0.2, 0) is 0 Å². The summed E-state index contributed by atoms with van der Waals surface area (Å²) in [5, 5.41) is 0. The predicted octanol–water partition coefficient (Wildman–Crippen LogP) is 9.32. The number of para-hydroxylation sites is 2. The van der Waals surface area contributed by atoms with E-state index in [9.17, 15) is 4.89 Å². The molecule has 0 aliphatic carbocycles. The lowest BCUT2D eigenvalue weighted by Gasteiger charge is -2.35. The molecule has 1 aliphatic rings. The Kier molecular flexibility index (Phi) is 8.10. The third-order valence-electron chi connectivity index (χ3n) is 7.19. The maximum absolute atomic E-state index is 12.3. The molecule has 1 heterocycles. The second-order valence-corrected chi connectivity index (χ2v) is 12.2. The third kappa shape index (κ3) is 4.62. The number of benzene rings is 2. The maximum atomic E-state index is 12.3. The molecule has 0 bridgehead atoms. The van der Waals surface area contributed by atoms with Crippen LogP contribution in [-0.4, -0.2) is 15.0 Å². The van der Waals surface area contributed by atoms with E-state index < -0.39 is 8.45 Å². The van der Waals surface area contributed by atoms with Crippen molar-refractivity contribution >= 4 is 25.5 Å². The summed E-state index contributed by atoms with van der Waals surface area (Å²) in [5.74, 6) is 1.44. The lowest BCUT2D eigenvalue weighted by atomic mass is 9.92.